The number of rotatable bonds is 5. The molecule has 4 nitrogen and oxygen atoms in total. The predicted octanol–water partition coefficient (Wildman–Crippen LogP) is 4.74. The maximum Gasteiger partial charge on any atom is 0.257 e. The maximum absolute atomic E-state index is 12.4. The van der Waals surface area contributed by atoms with Gasteiger partial charge in [0.05, 0.1) is 11.0 Å². The third kappa shape index (κ3) is 3.37. The number of fused-ring (bicyclic) bond motifs is 1. The molecule has 0 radical (unpaired) electrons. The van der Waals surface area contributed by atoms with Gasteiger partial charge >= 0.3 is 0 Å². The molecule has 0 aliphatic heterocycles. The normalized spacial score (nSPS) is 10.9. The van der Waals surface area contributed by atoms with E-state index in [-0.39, 0.29) is 5.91 Å². The number of para-hydroxylation sites is 2. The molecule has 0 bridgehead atoms. The number of carbonyl (C=O) groups is 1. The average Bonchev–Trinajstić information content (AvgIpc) is 2.90. The smallest absolute Gasteiger partial charge is 0.257 e. The zero-order valence-electron chi connectivity index (χ0n) is 12.9. The molecule has 0 aliphatic rings. The van der Waals surface area contributed by atoms with E-state index in [9.17, 15) is 4.79 Å². The molecule has 1 heterocycles. The number of carbonyl (C=O) groups excluding carboxylic acids is 1. The van der Waals surface area contributed by atoms with Gasteiger partial charge in [0, 0.05) is 17.1 Å². The first kappa shape index (κ1) is 15.6. The summed E-state index contributed by atoms with van der Waals surface area (Å²) in [4.78, 5) is 17.0. The molecule has 0 atom stereocenters. The standard InChI is InChI=1S/C18H18ClN3O/c1-2-3-12-22-16-7-5-4-6-15(16)20-18(22)21-17(23)13-8-10-14(19)11-9-13/h4-11H,2-3,12H2,1H3,(H,20,21,23). The van der Waals surface area contributed by atoms with Crippen LogP contribution in [0.5, 0.6) is 0 Å². The monoisotopic (exact) mass is 327 g/mol. The van der Waals surface area contributed by atoms with Gasteiger partial charge in [-0.25, -0.2) is 4.98 Å². The second kappa shape index (κ2) is 6.84. The molecule has 2 aromatic carbocycles. The Kier molecular flexibility index (Phi) is 4.63. The molecule has 0 saturated heterocycles. The summed E-state index contributed by atoms with van der Waals surface area (Å²) in [5.74, 6) is 0.398. The summed E-state index contributed by atoms with van der Waals surface area (Å²) in [6, 6.07) is 14.7. The Labute approximate surface area is 140 Å². The van der Waals surface area contributed by atoms with Crippen molar-refractivity contribution < 1.29 is 4.79 Å². The minimum atomic E-state index is -0.185. The van der Waals surface area contributed by atoms with E-state index in [4.69, 9.17) is 11.6 Å². The van der Waals surface area contributed by atoms with Crippen LogP contribution in [-0.4, -0.2) is 15.5 Å². The van der Waals surface area contributed by atoms with Crippen molar-refractivity contribution in [3.63, 3.8) is 0 Å². The van der Waals surface area contributed by atoms with Gasteiger partial charge in [0.25, 0.3) is 5.91 Å². The van der Waals surface area contributed by atoms with E-state index >= 15 is 0 Å². The Morgan fingerprint density at radius 3 is 2.65 bits per heavy atom. The Morgan fingerprint density at radius 2 is 1.91 bits per heavy atom. The van der Waals surface area contributed by atoms with Crippen molar-refractivity contribution in [2.45, 2.75) is 26.3 Å². The molecule has 0 spiro atoms. The number of nitrogens with one attached hydrogen (secondary N) is 1. The summed E-state index contributed by atoms with van der Waals surface area (Å²) >= 11 is 5.86. The van der Waals surface area contributed by atoms with Gasteiger partial charge in [0.2, 0.25) is 5.95 Å². The fraction of sp³-hybridized carbons (Fsp3) is 0.222. The van der Waals surface area contributed by atoms with Crippen molar-refractivity contribution in [3.8, 4) is 0 Å². The zero-order chi connectivity index (χ0) is 16.2. The van der Waals surface area contributed by atoms with Gasteiger partial charge in [-0.2, -0.15) is 0 Å². The van der Waals surface area contributed by atoms with Crippen LogP contribution in [0.1, 0.15) is 30.1 Å². The molecule has 118 valence electrons. The summed E-state index contributed by atoms with van der Waals surface area (Å²) in [6.45, 7) is 2.97. The van der Waals surface area contributed by atoms with Gasteiger partial charge in [0.15, 0.2) is 0 Å². The van der Waals surface area contributed by atoms with Crippen molar-refractivity contribution >= 4 is 34.5 Å². The van der Waals surface area contributed by atoms with Crippen LogP contribution in [0.2, 0.25) is 5.02 Å². The van der Waals surface area contributed by atoms with E-state index in [1.807, 2.05) is 24.3 Å². The lowest BCUT2D eigenvalue weighted by atomic mass is 10.2. The number of benzene rings is 2. The van der Waals surface area contributed by atoms with E-state index in [0.29, 0.717) is 16.5 Å². The number of anilines is 1. The van der Waals surface area contributed by atoms with Crippen LogP contribution in [0.4, 0.5) is 5.95 Å². The van der Waals surface area contributed by atoms with Crippen molar-refractivity contribution in [2.24, 2.45) is 0 Å². The zero-order valence-corrected chi connectivity index (χ0v) is 13.7. The Balaban J connectivity index is 1.92. The largest absolute Gasteiger partial charge is 0.310 e. The molecule has 0 aliphatic carbocycles. The highest BCUT2D eigenvalue weighted by atomic mass is 35.5. The molecule has 1 aromatic heterocycles. The van der Waals surface area contributed by atoms with Crippen LogP contribution in [0.15, 0.2) is 48.5 Å². The molecule has 1 N–H and O–H groups in total. The van der Waals surface area contributed by atoms with Crippen LogP contribution >= 0.6 is 11.6 Å². The molecule has 0 fully saturated rings. The van der Waals surface area contributed by atoms with E-state index in [1.54, 1.807) is 24.3 Å². The van der Waals surface area contributed by atoms with Gasteiger partial charge in [-0.3, -0.25) is 10.1 Å². The van der Waals surface area contributed by atoms with E-state index in [1.165, 1.54) is 0 Å². The number of amides is 1. The lowest BCUT2D eigenvalue weighted by molar-refractivity contribution is 0.102. The van der Waals surface area contributed by atoms with Gasteiger partial charge in [-0.15, -0.1) is 0 Å². The maximum atomic E-state index is 12.4. The van der Waals surface area contributed by atoms with E-state index in [2.05, 4.69) is 21.8 Å². The van der Waals surface area contributed by atoms with Gasteiger partial charge in [0.1, 0.15) is 0 Å². The highest BCUT2D eigenvalue weighted by Crippen LogP contribution is 2.21. The molecular formula is C18H18ClN3O. The van der Waals surface area contributed by atoms with Gasteiger partial charge < -0.3 is 4.57 Å². The van der Waals surface area contributed by atoms with Crippen LogP contribution in [0, 0.1) is 0 Å². The second-order valence-electron chi connectivity index (χ2n) is 5.39. The number of hydrogen-bond acceptors (Lipinski definition) is 2. The molecule has 3 rings (SSSR count). The third-order valence-electron chi connectivity index (χ3n) is 3.72. The van der Waals surface area contributed by atoms with Crippen molar-refractivity contribution in [1.29, 1.82) is 0 Å². The summed E-state index contributed by atoms with van der Waals surface area (Å²) in [5.41, 5.74) is 2.48. The van der Waals surface area contributed by atoms with Crippen LogP contribution < -0.4 is 5.32 Å². The van der Waals surface area contributed by atoms with Crippen molar-refractivity contribution in [3.05, 3.63) is 59.1 Å². The summed E-state index contributed by atoms with van der Waals surface area (Å²) < 4.78 is 2.06. The fourth-order valence-corrected chi connectivity index (χ4v) is 2.61. The molecule has 1 amide bonds. The Morgan fingerprint density at radius 1 is 1.17 bits per heavy atom. The Hall–Kier alpha value is -2.33. The molecule has 5 heteroatoms. The number of aromatic nitrogens is 2. The highest BCUT2D eigenvalue weighted by molar-refractivity contribution is 6.30. The van der Waals surface area contributed by atoms with Crippen LogP contribution in [-0.2, 0) is 6.54 Å². The first-order chi connectivity index (χ1) is 11.2. The number of halogens is 1. The molecule has 0 saturated carbocycles. The number of aryl methyl sites for hydroxylation is 1. The lowest BCUT2D eigenvalue weighted by Gasteiger charge is -2.09. The second-order valence-corrected chi connectivity index (χ2v) is 5.83. The van der Waals surface area contributed by atoms with Gasteiger partial charge in [-0.1, -0.05) is 37.1 Å². The highest BCUT2D eigenvalue weighted by Gasteiger charge is 2.13. The predicted molar refractivity (Wildman–Crippen MR) is 94.0 cm³/mol. The number of imidazole rings is 1. The third-order valence-corrected chi connectivity index (χ3v) is 3.97. The summed E-state index contributed by atoms with van der Waals surface area (Å²) in [6.07, 6.45) is 2.11. The summed E-state index contributed by atoms with van der Waals surface area (Å²) in [7, 11) is 0. The first-order valence-electron chi connectivity index (χ1n) is 7.71. The summed E-state index contributed by atoms with van der Waals surface area (Å²) in [5, 5.41) is 3.52. The Bertz CT molecular complexity index is 824. The SMILES string of the molecule is CCCCn1c(NC(=O)c2ccc(Cl)cc2)nc2ccccc21. The minimum Gasteiger partial charge on any atom is -0.310 e. The van der Waals surface area contributed by atoms with E-state index in [0.717, 1.165) is 30.4 Å². The lowest BCUT2D eigenvalue weighted by Crippen LogP contribution is -2.16. The quantitative estimate of drug-likeness (QED) is 0.735. The minimum absolute atomic E-state index is 0.185. The van der Waals surface area contributed by atoms with Crippen LogP contribution in [0.25, 0.3) is 11.0 Å². The van der Waals surface area contributed by atoms with Crippen LogP contribution in [0.3, 0.4) is 0 Å². The number of hydrogen-bond donors (Lipinski definition) is 1. The van der Waals surface area contributed by atoms with E-state index < -0.39 is 0 Å². The molecule has 0 unspecified atom stereocenters. The van der Waals surface area contributed by atoms with Gasteiger partial charge in [-0.05, 0) is 42.8 Å². The molecule has 3 aromatic rings. The first-order valence-corrected chi connectivity index (χ1v) is 8.09. The molecular weight excluding hydrogens is 310 g/mol. The number of unbranched alkanes of at least 4 members (excludes halogenated alkanes) is 1. The van der Waals surface area contributed by atoms with Crippen molar-refractivity contribution in [1.82, 2.24) is 9.55 Å². The fourth-order valence-electron chi connectivity index (χ4n) is 2.49. The van der Waals surface area contributed by atoms with Crippen molar-refractivity contribution in [2.75, 3.05) is 5.32 Å². The number of nitrogens with zero attached hydrogens (tertiary/aromatic N) is 2. The topological polar surface area (TPSA) is 46.9 Å². The molecule has 23 heavy (non-hydrogen) atoms. The average molecular weight is 328 g/mol.